The lowest BCUT2D eigenvalue weighted by molar-refractivity contribution is 0.187. The van der Waals surface area contributed by atoms with Gasteiger partial charge in [0.1, 0.15) is 11.5 Å². The molecular formula is C13H13IO2. The molecule has 1 atom stereocenters. The molecular weight excluding hydrogens is 315 g/mol. The standard InChI is InChI=1S/C13H13IO2/c1-9(15)7-12-5-6-13(16-12)10-3-2-4-11(14)8-10/h2-6,8-9,15H,7H2,1H3. The lowest BCUT2D eigenvalue weighted by atomic mass is 10.2. The van der Waals surface area contributed by atoms with Crippen LogP contribution in [0.3, 0.4) is 0 Å². The molecule has 1 heterocycles. The smallest absolute Gasteiger partial charge is 0.134 e. The third kappa shape index (κ3) is 2.86. The predicted molar refractivity (Wildman–Crippen MR) is 72.2 cm³/mol. The molecule has 0 radical (unpaired) electrons. The lowest BCUT2D eigenvalue weighted by Crippen LogP contribution is -2.02. The van der Waals surface area contributed by atoms with Crippen LogP contribution >= 0.6 is 22.6 Å². The summed E-state index contributed by atoms with van der Waals surface area (Å²) in [6.07, 6.45) is 0.194. The van der Waals surface area contributed by atoms with E-state index < -0.39 is 0 Å². The molecule has 0 bridgehead atoms. The van der Waals surface area contributed by atoms with Gasteiger partial charge >= 0.3 is 0 Å². The van der Waals surface area contributed by atoms with E-state index in [0.29, 0.717) is 6.42 Å². The molecule has 1 aromatic carbocycles. The number of hydrogen-bond donors (Lipinski definition) is 1. The largest absolute Gasteiger partial charge is 0.461 e. The third-order valence-electron chi connectivity index (χ3n) is 2.27. The van der Waals surface area contributed by atoms with Gasteiger partial charge in [0.05, 0.1) is 6.10 Å². The monoisotopic (exact) mass is 328 g/mol. The number of rotatable bonds is 3. The van der Waals surface area contributed by atoms with Crippen molar-refractivity contribution < 1.29 is 9.52 Å². The van der Waals surface area contributed by atoms with Crippen molar-refractivity contribution in [1.29, 1.82) is 0 Å². The van der Waals surface area contributed by atoms with E-state index in [4.69, 9.17) is 4.42 Å². The number of hydrogen-bond acceptors (Lipinski definition) is 2. The van der Waals surface area contributed by atoms with E-state index in [1.54, 1.807) is 6.92 Å². The Morgan fingerprint density at radius 3 is 2.81 bits per heavy atom. The van der Waals surface area contributed by atoms with Gasteiger partial charge in [0.15, 0.2) is 0 Å². The molecule has 0 aliphatic heterocycles. The fourth-order valence-corrected chi connectivity index (χ4v) is 2.12. The molecule has 2 rings (SSSR count). The van der Waals surface area contributed by atoms with Crippen molar-refractivity contribution in [2.75, 3.05) is 0 Å². The van der Waals surface area contributed by atoms with Crippen LogP contribution in [0.2, 0.25) is 0 Å². The summed E-state index contributed by atoms with van der Waals surface area (Å²) in [5, 5.41) is 9.27. The van der Waals surface area contributed by atoms with Gasteiger partial charge in [0, 0.05) is 15.6 Å². The zero-order valence-corrected chi connectivity index (χ0v) is 11.1. The minimum atomic E-state index is -0.366. The maximum atomic E-state index is 9.27. The second kappa shape index (κ2) is 5.01. The Hall–Kier alpha value is -0.810. The maximum absolute atomic E-state index is 9.27. The fourth-order valence-electron chi connectivity index (χ4n) is 1.58. The predicted octanol–water partition coefficient (Wildman–Crippen LogP) is 3.47. The van der Waals surface area contributed by atoms with Crippen molar-refractivity contribution in [3.05, 3.63) is 45.7 Å². The summed E-state index contributed by atoms with van der Waals surface area (Å²) in [5.41, 5.74) is 1.07. The van der Waals surface area contributed by atoms with Gasteiger partial charge in [-0.15, -0.1) is 0 Å². The average molecular weight is 328 g/mol. The van der Waals surface area contributed by atoms with Crippen molar-refractivity contribution in [3.63, 3.8) is 0 Å². The van der Waals surface area contributed by atoms with E-state index in [-0.39, 0.29) is 6.10 Å². The van der Waals surface area contributed by atoms with Crippen molar-refractivity contribution in [2.24, 2.45) is 0 Å². The molecule has 0 saturated carbocycles. The van der Waals surface area contributed by atoms with Gasteiger partial charge in [-0.05, 0) is 53.8 Å². The molecule has 84 valence electrons. The van der Waals surface area contributed by atoms with E-state index in [9.17, 15) is 5.11 Å². The van der Waals surface area contributed by atoms with Crippen LogP contribution in [-0.2, 0) is 6.42 Å². The first-order valence-electron chi connectivity index (χ1n) is 5.18. The molecule has 0 fully saturated rings. The molecule has 1 aromatic heterocycles. The number of aliphatic hydroxyl groups excluding tert-OH is 1. The summed E-state index contributed by atoms with van der Waals surface area (Å²) >= 11 is 2.28. The Labute approximate surface area is 108 Å². The number of halogens is 1. The molecule has 16 heavy (non-hydrogen) atoms. The second-order valence-electron chi connectivity index (χ2n) is 3.83. The number of furan rings is 1. The molecule has 1 unspecified atom stereocenters. The Bertz CT molecular complexity index is 474. The van der Waals surface area contributed by atoms with Gasteiger partial charge in [0.25, 0.3) is 0 Å². The van der Waals surface area contributed by atoms with Crippen molar-refractivity contribution in [3.8, 4) is 11.3 Å². The zero-order valence-electron chi connectivity index (χ0n) is 8.98. The minimum absolute atomic E-state index is 0.366. The molecule has 2 nitrogen and oxygen atoms in total. The SMILES string of the molecule is CC(O)Cc1ccc(-c2cccc(I)c2)o1. The van der Waals surface area contributed by atoms with Crippen LogP contribution in [-0.4, -0.2) is 11.2 Å². The van der Waals surface area contributed by atoms with Crippen LogP contribution in [0.4, 0.5) is 0 Å². The molecule has 0 aliphatic carbocycles. The minimum Gasteiger partial charge on any atom is -0.461 e. The Kier molecular flexibility index (Phi) is 3.66. The van der Waals surface area contributed by atoms with E-state index in [1.807, 2.05) is 30.3 Å². The van der Waals surface area contributed by atoms with Gasteiger partial charge in [0.2, 0.25) is 0 Å². The van der Waals surface area contributed by atoms with Gasteiger partial charge in [-0.2, -0.15) is 0 Å². The Morgan fingerprint density at radius 2 is 2.12 bits per heavy atom. The summed E-state index contributed by atoms with van der Waals surface area (Å²) in [6.45, 7) is 1.76. The highest BCUT2D eigenvalue weighted by Gasteiger charge is 2.07. The summed E-state index contributed by atoms with van der Waals surface area (Å²) in [5.74, 6) is 1.68. The van der Waals surface area contributed by atoms with Crippen molar-refractivity contribution >= 4 is 22.6 Å². The summed E-state index contributed by atoms with van der Waals surface area (Å²) in [6, 6.07) is 12.0. The number of benzene rings is 1. The van der Waals surface area contributed by atoms with Crippen LogP contribution in [0, 0.1) is 3.57 Å². The molecule has 0 saturated heterocycles. The van der Waals surface area contributed by atoms with Crippen LogP contribution < -0.4 is 0 Å². The highest BCUT2D eigenvalue weighted by atomic mass is 127. The van der Waals surface area contributed by atoms with E-state index >= 15 is 0 Å². The lowest BCUT2D eigenvalue weighted by Gasteiger charge is -2.00. The van der Waals surface area contributed by atoms with Gasteiger partial charge in [-0.3, -0.25) is 0 Å². The molecule has 0 amide bonds. The quantitative estimate of drug-likeness (QED) is 0.875. The summed E-state index contributed by atoms with van der Waals surface area (Å²) < 4.78 is 6.86. The van der Waals surface area contributed by atoms with Gasteiger partial charge in [-0.1, -0.05) is 12.1 Å². The van der Waals surface area contributed by atoms with Crippen LogP contribution in [0.1, 0.15) is 12.7 Å². The molecule has 3 heteroatoms. The third-order valence-corrected chi connectivity index (χ3v) is 2.94. The van der Waals surface area contributed by atoms with Crippen molar-refractivity contribution in [1.82, 2.24) is 0 Å². The maximum Gasteiger partial charge on any atom is 0.134 e. The fraction of sp³-hybridized carbons (Fsp3) is 0.231. The normalized spacial score (nSPS) is 12.7. The van der Waals surface area contributed by atoms with Crippen LogP contribution in [0.15, 0.2) is 40.8 Å². The summed E-state index contributed by atoms with van der Waals surface area (Å²) in [4.78, 5) is 0. The van der Waals surface area contributed by atoms with Crippen LogP contribution in [0.25, 0.3) is 11.3 Å². The highest BCUT2D eigenvalue weighted by molar-refractivity contribution is 14.1. The Morgan fingerprint density at radius 1 is 1.31 bits per heavy atom. The topological polar surface area (TPSA) is 33.4 Å². The molecule has 0 aliphatic rings. The van der Waals surface area contributed by atoms with Gasteiger partial charge in [-0.25, -0.2) is 0 Å². The average Bonchev–Trinajstić information content (AvgIpc) is 2.65. The molecule has 0 spiro atoms. The second-order valence-corrected chi connectivity index (χ2v) is 5.08. The van der Waals surface area contributed by atoms with Crippen molar-refractivity contribution in [2.45, 2.75) is 19.4 Å². The Balaban J connectivity index is 2.24. The van der Waals surface area contributed by atoms with E-state index in [0.717, 1.165) is 17.1 Å². The first-order valence-corrected chi connectivity index (χ1v) is 6.26. The first kappa shape index (κ1) is 11.7. The zero-order chi connectivity index (χ0) is 11.5. The molecule has 1 N–H and O–H groups in total. The summed E-state index contributed by atoms with van der Waals surface area (Å²) in [7, 11) is 0. The molecule has 2 aromatic rings. The number of aliphatic hydroxyl groups is 1. The van der Waals surface area contributed by atoms with Gasteiger partial charge < -0.3 is 9.52 Å². The van der Waals surface area contributed by atoms with E-state index in [1.165, 1.54) is 3.57 Å². The highest BCUT2D eigenvalue weighted by Crippen LogP contribution is 2.24. The van der Waals surface area contributed by atoms with Crippen LogP contribution in [0.5, 0.6) is 0 Å². The van der Waals surface area contributed by atoms with E-state index in [2.05, 4.69) is 28.7 Å². The first-order chi connectivity index (χ1) is 7.65.